The van der Waals surface area contributed by atoms with E-state index in [-0.39, 0.29) is 11.4 Å². The summed E-state index contributed by atoms with van der Waals surface area (Å²) in [6.45, 7) is 2.10. The van der Waals surface area contributed by atoms with Gasteiger partial charge in [-0.05, 0) is 25.5 Å². The molecule has 0 radical (unpaired) electrons. The first-order valence-corrected chi connectivity index (χ1v) is 7.19. The summed E-state index contributed by atoms with van der Waals surface area (Å²) in [7, 11) is 1.69. The van der Waals surface area contributed by atoms with Crippen molar-refractivity contribution >= 4 is 16.8 Å². The van der Waals surface area contributed by atoms with Gasteiger partial charge in [0.1, 0.15) is 0 Å². The molecule has 1 aromatic heterocycles. The molecule has 6 nitrogen and oxygen atoms in total. The Morgan fingerprint density at radius 2 is 2.33 bits per heavy atom. The Labute approximate surface area is 123 Å². The highest BCUT2D eigenvalue weighted by Crippen LogP contribution is 2.19. The van der Waals surface area contributed by atoms with Crippen LogP contribution < -0.4 is 10.6 Å². The molecule has 1 aromatic carbocycles. The van der Waals surface area contributed by atoms with Gasteiger partial charge in [0.2, 0.25) is 0 Å². The molecule has 3 rings (SSSR count). The van der Waals surface area contributed by atoms with Crippen LogP contribution in [0.2, 0.25) is 0 Å². The van der Waals surface area contributed by atoms with Gasteiger partial charge in [-0.25, -0.2) is 0 Å². The topological polar surface area (TPSA) is 79.0 Å². The van der Waals surface area contributed by atoms with Crippen LogP contribution in [0.1, 0.15) is 23.3 Å². The van der Waals surface area contributed by atoms with E-state index in [1.165, 1.54) is 0 Å². The first-order valence-electron chi connectivity index (χ1n) is 7.19. The average molecular weight is 288 g/mol. The summed E-state index contributed by atoms with van der Waals surface area (Å²) in [4.78, 5) is 12.4. The summed E-state index contributed by atoms with van der Waals surface area (Å²) in [6.07, 6.45) is 2.10. The van der Waals surface area contributed by atoms with Crippen molar-refractivity contribution in [2.24, 2.45) is 0 Å². The van der Waals surface area contributed by atoms with Gasteiger partial charge in [-0.1, -0.05) is 18.2 Å². The highest BCUT2D eigenvalue weighted by atomic mass is 16.5. The Hall–Kier alpha value is -1.92. The fourth-order valence-corrected chi connectivity index (χ4v) is 2.94. The molecule has 3 N–H and O–H groups in total. The minimum Gasteiger partial charge on any atom is -0.383 e. The number of aromatic amines is 1. The Morgan fingerprint density at radius 3 is 3.10 bits per heavy atom. The summed E-state index contributed by atoms with van der Waals surface area (Å²) in [5.41, 5.74) is 1.15. The molecule has 1 saturated heterocycles. The van der Waals surface area contributed by atoms with E-state index in [1.807, 2.05) is 24.3 Å². The van der Waals surface area contributed by atoms with Gasteiger partial charge in [0.25, 0.3) is 5.91 Å². The average Bonchev–Trinajstić information content (AvgIpc) is 3.12. The predicted molar refractivity (Wildman–Crippen MR) is 80.3 cm³/mol. The van der Waals surface area contributed by atoms with Crippen LogP contribution in [-0.2, 0) is 4.74 Å². The van der Waals surface area contributed by atoms with Gasteiger partial charge in [-0.15, -0.1) is 0 Å². The van der Waals surface area contributed by atoms with Gasteiger partial charge in [-0.2, -0.15) is 5.10 Å². The summed E-state index contributed by atoms with van der Waals surface area (Å²) in [6, 6.07) is 7.62. The number of ether oxygens (including phenoxy) is 1. The van der Waals surface area contributed by atoms with Crippen molar-refractivity contribution in [2.45, 2.75) is 18.4 Å². The van der Waals surface area contributed by atoms with Gasteiger partial charge in [-0.3, -0.25) is 9.89 Å². The number of hydrogen-bond donors (Lipinski definition) is 3. The quantitative estimate of drug-likeness (QED) is 0.768. The van der Waals surface area contributed by atoms with E-state index in [9.17, 15) is 4.79 Å². The number of H-pyrrole nitrogens is 1. The van der Waals surface area contributed by atoms with Gasteiger partial charge in [0, 0.05) is 19.0 Å². The van der Waals surface area contributed by atoms with Crippen LogP contribution >= 0.6 is 0 Å². The maximum Gasteiger partial charge on any atom is 0.272 e. The predicted octanol–water partition coefficient (Wildman–Crippen LogP) is 1.06. The molecular formula is C15H20N4O2. The van der Waals surface area contributed by atoms with Crippen molar-refractivity contribution < 1.29 is 9.53 Å². The standard InChI is InChI=1S/C15H20N4O2/c1-21-10-15(7-4-8-17-15)9-16-14(20)13-11-5-2-3-6-12(11)18-19-13/h2-3,5-6,17H,4,7-10H2,1H3,(H,16,20)(H,18,19). The van der Waals surface area contributed by atoms with Gasteiger partial charge in [0.05, 0.1) is 17.7 Å². The van der Waals surface area contributed by atoms with E-state index < -0.39 is 0 Å². The smallest absolute Gasteiger partial charge is 0.272 e. The molecule has 1 unspecified atom stereocenters. The summed E-state index contributed by atoms with van der Waals surface area (Å²) >= 11 is 0. The summed E-state index contributed by atoms with van der Waals surface area (Å²) < 4.78 is 5.29. The van der Waals surface area contributed by atoms with Crippen LogP contribution in [0.3, 0.4) is 0 Å². The Kier molecular flexibility index (Phi) is 3.90. The highest BCUT2D eigenvalue weighted by molar-refractivity contribution is 6.04. The second kappa shape index (κ2) is 5.83. The molecule has 1 fully saturated rings. The number of benzene rings is 1. The number of carbonyl (C=O) groups excluding carboxylic acids is 1. The molecule has 1 amide bonds. The molecular weight excluding hydrogens is 268 g/mol. The lowest BCUT2D eigenvalue weighted by molar-refractivity contribution is 0.0889. The van der Waals surface area contributed by atoms with Gasteiger partial charge < -0.3 is 15.4 Å². The number of nitrogens with zero attached hydrogens (tertiary/aromatic N) is 1. The number of carbonyl (C=O) groups is 1. The van der Waals surface area contributed by atoms with Crippen molar-refractivity contribution in [2.75, 3.05) is 26.8 Å². The Balaban J connectivity index is 1.71. The van der Waals surface area contributed by atoms with Crippen molar-refractivity contribution in [3.8, 4) is 0 Å². The van der Waals surface area contributed by atoms with Crippen molar-refractivity contribution in [1.29, 1.82) is 0 Å². The number of aromatic nitrogens is 2. The molecule has 2 aromatic rings. The SMILES string of the molecule is COCC1(CNC(=O)c2n[nH]c3ccccc23)CCCN1. The molecule has 21 heavy (non-hydrogen) atoms. The number of methoxy groups -OCH3 is 1. The minimum absolute atomic E-state index is 0.156. The Morgan fingerprint density at radius 1 is 1.48 bits per heavy atom. The molecule has 1 atom stereocenters. The number of amides is 1. The van der Waals surface area contributed by atoms with E-state index >= 15 is 0 Å². The molecule has 0 aliphatic carbocycles. The zero-order valence-corrected chi connectivity index (χ0v) is 12.1. The molecule has 1 aliphatic heterocycles. The zero-order valence-electron chi connectivity index (χ0n) is 12.1. The third-order valence-electron chi connectivity index (χ3n) is 4.03. The number of fused-ring (bicyclic) bond motifs is 1. The van der Waals surface area contributed by atoms with E-state index in [1.54, 1.807) is 7.11 Å². The zero-order chi connectivity index (χ0) is 14.7. The third kappa shape index (κ3) is 2.77. The van der Waals surface area contributed by atoms with Crippen molar-refractivity contribution in [1.82, 2.24) is 20.8 Å². The molecule has 2 heterocycles. The van der Waals surface area contributed by atoms with Crippen LogP contribution in [0.25, 0.3) is 10.9 Å². The lowest BCUT2D eigenvalue weighted by atomic mass is 9.98. The van der Waals surface area contributed by atoms with Crippen LogP contribution in [0.4, 0.5) is 0 Å². The first-order chi connectivity index (χ1) is 10.2. The molecule has 1 aliphatic rings. The van der Waals surface area contributed by atoms with Crippen LogP contribution in [-0.4, -0.2) is 48.4 Å². The normalized spacial score (nSPS) is 21.8. The fraction of sp³-hybridized carbons (Fsp3) is 0.467. The second-order valence-electron chi connectivity index (χ2n) is 5.54. The summed E-state index contributed by atoms with van der Waals surface area (Å²) in [5, 5.41) is 14.3. The molecule has 0 spiro atoms. The van der Waals surface area contributed by atoms with Crippen molar-refractivity contribution in [3.05, 3.63) is 30.0 Å². The number of nitrogens with one attached hydrogen (secondary N) is 3. The van der Waals surface area contributed by atoms with Gasteiger partial charge in [0.15, 0.2) is 5.69 Å². The lowest BCUT2D eigenvalue weighted by Crippen LogP contribution is -2.53. The van der Waals surface area contributed by atoms with Gasteiger partial charge >= 0.3 is 0 Å². The second-order valence-corrected chi connectivity index (χ2v) is 5.54. The van der Waals surface area contributed by atoms with Crippen LogP contribution in [0.15, 0.2) is 24.3 Å². The molecule has 6 heteroatoms. The number of rotatable bonds is 5. The van der Waals surface area contributed by atoms with Crippen LogP contribution in [0, 0.1) is 0 Å². The fourth-order valence-electron chi connectivity index (χ4n) is 2.94. The largest absolute Gasteiger partial charge is 0.383 e. The molecule has 0 saturated carbocycles. The summed E-state index contributed by atoms with van der Waals surface area (Å²) in [5.74, 6) is -0.156. The van der Waals surface area contributed by atoms with E-state index in [4.69, 9.17) is 4.74 Å². The highest BCUT2D eigenvalue weighted by Gasteiger charge is 2.34. The minimum atomic E-state index is -0.156. The molecule has 112 valence electrons. The van der Waals surface area contributed by atoms with Crippen molar-refractivity contribution in [3.63, 3.8) is 0 Å². The Bertz CT molecular complexity index is 631. The number of hydrogen-bond acceptors (Lipinski definition) is 4. The van der Waals surface area contributed by atoms with E-state index in [2.05, 4.69) is 20.8 Å². The number of para-hydroxylation sites is 1. The van der Waals surface area contributed by atoms with Crippen LogP contribution in [0.5, 0.6) is 0 Å². The monoisotopic (exact) mass is 288 g/mol. The maximum absolute atomic E-state index is 12.4. The maximum atomic E-state index is 12.4. The lowest BCUT2D eigenvalue weighted by Gasteiger charge is -2.28. The third-order valence-corrected chi connectivity index (χ3v) is 4.03. The van der Waals surface area contributed by atoms with E-state index in [0.29, 0.717) is 18.8 Å². The first kappa shape index (κ1) is 14.0. The molecule has 0 bridgehead atoms. The van der Waals surface area contributed by atoms with E-state index in [0.717, 1.165) is 30.3 Å².